The van der Waals surface area contributed by atoms with Gasteiger partial charge in [0.2, 0.25) is 0 Å². The lowest BCUT2D eigenvalue weighted by molar-refractivity contribution is 0.190. The Morgan fingerprint density at radius 2 is 2.00 bits per heavy atom. The van der Waals surface area contributed by atoms with Gasteiger partial charge >= 0.3 is 0 Å². The first-order chi connectivity index (χ1) is 7.29. The molecule has 1 aliphatic heterocycles. The smallest absolute Gasteiger partial charge is 0.123 e. The van der Waals surface area contributed by atoms with Crippen LogP contribution in [-0.2, 0) is 0 Å². The summed E-state index contributed by atoms with van der Waals surface area (Å²) in [7, 11) is 0. The van der Waals surface area contributed by atoms with Gasteiger partial charge < -0.3 is 10.4 Å². The summed E-state index contributed by atoms with van der Waals surface area (Å²) in [6.45, 7) is 2.03. The van der Waals surface area contributed by atoms with Gasteiger partial charge in [0.05, 0.1) is 0 Å². The lowest BCUT2D eigenvalue weighted by atomic mass is 9.86. The number of piperidine rings is 1. The Kier molecular flexibility index (Phi) is 3.34. The van der Waals surface area contributed by atoms with Crippen LogP contribution >= 0.6 is 0 Å². The van der Waals surface area contributed by atoms with Crippen molar-refractivity contribution >= 4 is 0 Å². The van der Waals surface area contributed by atoms with Crippen molar-refractivity contribution in [3.8, 4) is 0 Å². The van der Waals surface area contributed by atoms with Crippen LogP contribution < -0.4 is 5.32 Å². The Morgan fingerprint density at radius 3 is 2.67 bits per heavy atom. The highest BCUT2D eigenvalue weighted by Crippen LogP contribution is 2.26. The van der Waals surface area contributed by atoms with Gasteiger partial charge in [-0.05, 0) is 36.0 Å². The van der Waals surface area contributed by atoms with Crippen LogP contribution in [0.5, 0.6) is 0 Å². The average molecular weight is 209 g/mol. The van der Waals surface area contributed by atoms with Crippen LogP contribution in [0.2, 0.25) is 0 Å². The monoisotopic (exact) mass is 209 g/mol. The first-order valence-corrected chi connectivity index (χ1v) is 5.36. The summed E-state index contributed by atoms with van der Waals surface area (Å²) in [5.74, 6) is 0.534. The fraction of sp³-hybridized carbons (Fsp3) is 0.500. The second-order valence-corrected chi connectivity index (χ2v) is 4.19. The van der Waals surface area contributed by atoms with Gasteiger partial charge in [-0.25, -0.2) is 4.39 Å². The molecule has 2 atom stereocenters. The minimum Gasteiger partial charge on any atom is -0.396 e. The van der Waals surface area contributed by atoms with Crippen LogP contribution in [-0.4, -0.2) is 24.8 Å². The van der Waals surface area contributed by atoms with E-state index in [0.717, 1.165) is 25.1 Å². The number of rotatable bonds is 2. The van der Waals surface area contributed by atoms with Crippen molar-refractivity contribution < 1.29 is 9.50 Å². The van der Waals surface area contributed by atoms with Crippen molar-refractivity contribution in [2.24, 2.45) is 5.92 Å². The van der Waals surface area contributed by atoms with Gasteiger partial charge in [0.25, 0.3) is 0 Å². The molecule has 0 aromatic heterocycles. The summed E-state index contributed by atoms with van der Waals surface area (Å²) in [5, 5.41) is 12.4. The Hall–Kier alpha value is -0.930. The van der Waals surface area contributed by atoms with Crippen LogP contribution in [0, 0.1) is 11.7 Å². The zero-order valence-electron chi connectivity index (χ0n) is 8.62. The van der Waals surface area contributed by atoms with E-state index in [1.807, 2.05) is 12.1 Å². The molecule has 82 valence electrons. The third-order valence-electron chi connectivity index (χ3n) is 3.04. The average Bonchev–Trinajstić information content (AvgIpc) is 2.30. The maximum absolute atomic E-state index is 12.7. The molecule has 0 bridgehead atoms. The molecule has 15 heavy (non-hydrogen) atoms. The van der Waals surface area contributed by atoms with Gasteiger partial charge in [0, 0.05) is 19.7 Å². The summed E-state index contributed by atoms with van der Waals surface area (Å²) in [4.78, 5) is 0. The van der Waals surface area contributed by atoms with Crippen LogP contribution in [0.25, 0.3) is 0 Å². The van der Waals surface area contributed by atoms with E-state index >= 15 is 0 Å². The van der Waals surface area contributed by atoms with Gasteiger partial charge in [-0.15, -0.1) is 0 Å². The minimum absolute atomic E-state index is 0.193. The highest BCUT2D eigenvalue weighted by atomic mass is 19.1. The van der Waals surface area contributed by atoms with Crippen LogP contribution in [0.3, 0.4) is 0 Å². The van der Waals surface area contributed by atoms with E-state index in [1.165, 1.54) is 12.1 Å². The third kappa shape index (κ3) is 2.55. The van der Waals surface area contributed by atoms with Gasteiger partial charge in [0.1, 0.15) is 5.82 Å². The Morgan fingerprint density at radius 1 is 1.27 bits per heavy atom. The maximum atomic E-state index is 12.7. The lowest BCUT2D eigenvalue weighted by Gasteiger charge is -2.29. The predicted octanol–water partition coefficient (Wildman–Crippen LogP) is 1.51. The SMILES string of the molecule is OCC1CNCC(c2ccc(F)cc2)C1. The second kappa shape index (κ2) is 4.73. The molecular formula is C12H16FNO. The first-order valence-electron chi connectivity index (χ1n) is 5.36. The van der Waals surface area contributed by atoms with E-state index in [0.29, 0.717) is 11.8 Å². The zero-order valence-corrected chi connectivity index (χ0v) is 8.62. The van der Waals surface area contributed by atoms with Gasteiger partial charge in [-0.3, -0.25) is 0 Å². The number of benzene rings is 1. The molecule has 0 amide bonds. The van der Waals surface area contributed by atoms with Crippen molar-refractivity contribution in [2.75, 3.05) is 19.7 Å². The van der Waals surface area contributed by atoms with E-state index in [2.05, 4.69) is 5.32 Å². The summed E-state index contributed by atoms with van der Waals surface area (Å²) in [5.41, 5.74) is 1.15. The number of aliphatic hydroxyl groups is 1. The molecule has 0 radical (unpaired) electrons. The number of halogens is 1. The fourth-order valence-corrected chi connectivity index (χ4v) is 2.16. The summed E-state index contributed by atoms with van der Waals surface area (Å²) < 4.78 is 12.7. The Labute approximate surface area is 89.1 Å². The molecule has 2 N–H and O–H groups in total. The highest BCUT2D eigenvalue weighted by molar-refractivity contribution is 5.21. The standard InChI is InChI=1S/C12H16FNO/c13-12-3-1-10(2-4-12)11-5-9(8-15)6-14-7-11/h1-4,9,11,14-15H,5-8H2. The molecule has 1 aromatic carbocycles. The van der Waals surface area contributed by atoms with E-state index in [9.17, 15) is 4.39 Å². The van der Waals surface area contributed by atoms with Crippen LogP contribution in [0.4, 0.5) is 4.39 Å². The molecule has 1 saturated heterocycles. The summed E-state index contributed by atoms with van der Waals surface area (Å²) >= 11 is 0. The molecule has 0 spiro atoms. The summed E-state index contributed by atoms with van der Waals surface area (Å²) in [6.07, 6.45) is 0.981. The van der Waals surface area contributed by atoms with Crippen molar-refractivity contribution in [3.63, 3.8) is 0 Å². The molecule has 2 rings (SSSR count). The fourth-order valence-electron chi connectivity index (χ4n) is 2.16. The Bertz CT molecular complexity index is 312. The van der Waals surface area contributed by atoms with E-state index < -0.39 is 0 Å². The van der Waals surface area contributed by atoms with Gasteiger partial charge in [-0.1, -0.05) is 12.1 Å². The van der Waals surface area contributed by atoms with Gasteiger partial charge in [0.15, 0.2) is 0 Å². The molecule has 0 aliphatic carbocycles. The van der Waals surface area contributed by atoms with Crippen molar-refractivity contribution in [2.45, 2.75) is 12.3 Å². The van der Waals surface area contributed by atoms with E-state index in [-0.39, 0.29) is 12.4 Å². The number of hydrogen-bond acceptors (Lipinski definition) is 2. The number of nitrogens with one attached hydrogen (secondary N) is 1. The van der Waals surface area contributed by atoms with Crippen LogP contribution in [0.1, 0.15) is 17.9 Å². The minimum atomic E-state index is -0.193. The largest absolute Gasteiger partial charge is 0.396 e. The highest BCUT2D eigenvalue weighted by Gasteiger charge is 2.22. The quantitative estimate of drug-likeness (QED) is 0.774. The molecule has 1 heterocycles. The van der Waals surface area contributed by atoms with E-state index in [1.54, 1.807) is 0 Å². The molecule has 2 unspecified atom stereocenters. The molecule has 1 aliphatic rings. The Balaban J connectivity index is 2.06. The van der Waals surface area contributed by atoms with Crippen LogP contribution in [0.15, 0.2) is 24.3 Å². The second-order valence-electron chi connectivity index (χ2n) is 4.19. The van der Waals surface area contributed by atoms with Crippen molar-refractivity contribution in [1.29, 1.82) is 0 Å². The lowest BCUT2D eigenvalue weighted by Crippen LogP contribution is -2.36. The zero-order chi connectivity index (χ0) is 10.7. The van der Waals surface area contributed by atoms with E-state index in [4.69, 9.17) is 5.11 Å². The van der Waals surface area contributed by atoms with Crippen molar-refractivity contribution in [1.82, 2.24) is 5.32 Å². The third-order valence-corrected chi connectivity index (χ3v) is 3.04. The molecule has 1 aromatic rings. The number of aliphatic hydroxyl groups excluding tert-OH is 1. The van der Waals surface area contributed by atoms with Gasteiger partial charge in [-0.2, -0.15) is 0 Å². The summed E-state index contributed by atoms with van der Waals surface area (Å²) in [6, 6.07) is 6.67. The number of hydrogen-bond donors (Lipinski definition) is 2. The molecule has 3 heteroatoms. The maximum Gasteiger partial charge on any atom is 0.123 e. The normalized spacial score (nSPS) is 26.5. The molecule has 1 fully saturated rings. The molecule has 2 nitrogen and oxygen atoms in total. The first kappa shape index (κ1) is 10.6. The topological polar surface area (TPSA) is 32.3 Å². The molecular weight excluding hydrogens is 193 g/mol. The van der Waals surface area contributed by atoms with Crippen molar-refractivity contribution in [3.05, 3.63) is 35.6 Å². The predicted molar refractivity (Wildman–Crippen MR) is 57.2 cm³/mol. The molecule has 0 saturated carbocycles.